The third kappa shape index (κ3) is 3.01. The van der Waals surface area contributed by atoms with Gasteiger partial charge in [-0.15, -0.1) is 0 Å². The maximum Gasteiger partial charge on any atom is 0.157 e. The van der Waals surface area contributed by atoms with Crippen molar-refractivity contribution in [2.45, 2.75) is 32.7 Å². The first-order chi connectivity index (χ1) is 8.99. The van der Waals surface area contributed by atoms with E-state index in [1.54, 1.807) is 0 Å². The molecular weight excluding hydrogens is 238 g/mol. The van der Waals surface area contributed by atoms with E-state index >= 15 is 0 Å². The Kier molecular flexibility index (Phi) is 4.00. The Bertz CT molecular complexity index is 586. The molecule has 1 aromatic carbocycles. The van der Waals surface area contributed by atoms with Gasteiger partial charge in [0.15, 0.2) is 5.78 Å². The largest absolute Gasteiger partial charge is 0.331 e. The number of carbonyl (C=O) groups excluding carboxylic acids is 1. The lowest BCUT2D eigenvalue weighted by atomic mass is 9.99. The average molecular weight is 259 g/mol. The Labute approximate surface area is 113 Å². The van der Waals surface area contributed by atoms with Gasteiger partial charge in [-0.2, -0.15) is 0 Å². The summed E-state index contributed by atoms with van der Waals surface area (Å²) in [6.07, 6.45) is 1.03. The number of Topliss-reactive ketones (excluding diaryl/α,β-unsaturated/α-hetero) is 1. The molecule has 0 fully saturated rings. The number of fused-ring (bicyclic) bond motifs is 1. The molecule has 2 N–H and O–H groups in total. The third-order valence-corrected chi connectivity index (χ3v) is 3.35. The molecule has 0 aliphatic rings. The Hall–Kier alpha value is -1.68. The molecule has 19 heavy (non-hydrogen) atoms. The predicted molar refractivity (Wildman–Crippen MR) is 76.9 cm³/mol. The number of imidazole rings is 1. The van der Waals surface area contributed by atoms with Gasteiger partial charge >= 0.3 is 0 Å². The summed E-state index contributed by atoms with van der Waals surface area (Å²) in [4.78, 5) is 16.6. The van der Waals surface area contributed by atoms with Crippen molar-refractivity contribution in [3.05, 3.63) is 30.1 Å². The van der Waals surface area contributed by atoms with Gasteiger partial charge in [-0.3, -0.25) is 4.79 Å². The van der Waals surface area contributed by atoms with Gasteiger partial charge in [-0.05, 0) is 24.5 Å². The van der Waals surface area contributed by atoms with Crippen LogP contribution < -0.4 is 5.73 Å². The van der Waals surface area contributed by atoms with Crippen LogP contribution in [0.3, 0.4) is 0 Å². The van der Waals surface area contributed by atoms with Crippen LogP contribution in [0.4, 0.5) is 0 Å². The third-order valence-electron chi connectivity index (χ3n) is 3.35. The van der Waals surface area contributed by atoms with Crippen LogP contribution in [0.1, 0.15) is 26.1 Å². The van der Waals surface area contributed by atoms with Crippen molar-refractivity contribution in [1.82, 2.24) is 9.55 Å². The summed E-state index contributed by atoms with van der Waals surface area (Å²) < 4.78 is 1.97. The molecule has 1 heterocycles. The van der Waals surface area contributed by atoms with E-state index in [-0.39, 0.29) is 11.8 Å². The van der Waals surface area contributed by atoms with Crippen molar-refractivity contribution in [2.75, 3.05) is 0 Å². The zero-order valence-corrected chi connectivity index (χ0v) is 11.8. The summed E-state index contributed by atoms with van der Waals surface area (Å²) in [5, 5.41) is 0. The highest BCUT2D eigenvalue weighted by atomic mass is 16.1. The van der Waals surface area contributed by atoms with E-state index in [0.29, 0.717) is 12.3 Å². The quantitative estimate of drug-likeness (QED) is 0.894. The van der Waals surface area contributed by atoms with Crippen LogP contribution in [0.25, 0.3) is 11.0 Å². The van der Waals surface area contributed by atoms with Gasteiger partial charge in [0.2, 0.25) is 0 Å². The SMILES string of the molecule is CC(C)CC(N)C(=O)Cc1nc2ccccc2n1C. The van der Waals surface area contributed by atoms with Crippen molar-refractivity contribution in [3.63, 3.8) is 0 Å². The molecule has 0 saturated heterocycles. The molecule has 0 bridgehead atoms. The van der Waals surface area contributed by atoms with E-state index in [2.05, 4.69) is 18.8 Å². The van der Waals surface area contributed by atoms with E-state index in [1.165, 1.54) is 0 Å². The van der Waals surface area contributed by atoms with Gasteiger partial charge in [-0.25, -0.2) is 4.98 Å². The molecule has 2 aromatic rings. The second kappa shape index (κ2) is 5.53. The molecule has 0 spiro atoms. The Morgan fingerprint density at radius 1 is 1.37 bits per heavy atom. The lowest BCUT2D eigenvalue weighted by molar-refractivity contribution is -0.120. The first kappa shape index (κ1) is 13.7. The molecule has 102 valence electrons. The molecule has 2 rings (SSSR count). The first-order valence-corrected chi connectivity index (χ1v) is 6.67. The van der Waals surface area contributed by atoms with Crippen LogP contribution in [0.5, 0.6) is 0 Å². The second-order valence-corrected chi connectivity index (χ2v) is 5.45. The fourth-order valence-corrected chi connectivity index (χ4v) is 2.28. The van der Waals surface area contributed by atoms with Crippen LogP contribution in [0, 0.1) is 5.92 Å². The first-order valence-electron chi connectivity index (χ1n) is 6.67. The number of para-hydroxylation sites is 2. The summed E-state index contributed by atoms with van der Waals surface area (Å²) >= 11 is 0. The molecule has 0 amide bonds. The molecule has 0 aliphatic carbocycles. The summed E-state index contributed by atoms with van der Waals surface area (Å²) in [7, 11) is 1.94. The molecule has 1 unspecified atom stereocenters. The average Bonchev–Trinajstić information content (AvgIpc) is 2.66. The Balaban J connectivity index is 2.17. The highest BCUT2D eigenvalue weighted by Gasteiger charge is 2.18. The highest BCUT2D eigenvalue weighted by Crippen LogP contribution is 2.15. The number of aromatic nitrogens is 2. The van der Waals surface area contributed by atoms with Crippen LogP contribution in [0.2, 0.25) is 0 Å². The van der Waals surface area contributed by atoms with Gasteiger partial charge in [0.05, 0.1) is 23.5 Å². The minimum atomic E-state index is -0.389. The molecule has 4 heteroatoms. The number of ketones is 1. The molecule has 0 radical (unpaired) electrons. The van der Waals surface area contributed by atoms with Crippen molar-refractivity contribution < 1.29 is 4.79 Å². The number of nitrogens with two attached hydrogens (primary N) is 1. The van der Waals surface area contributed by atoms with Gasteiger partial charge in [0.25, 0.3) is 0 Å². The maximum absolute atomic E-state index is 12.1. The topological polar surface area (TPSA) is 60.9 Å². The van der Waals surface area contributed by atoms with Gasteiger partial charge < -0.3 is 10.3 Å². The summed E-state index contributed by atoms with van der Waals surface area (Å²) in [5.41, 5.74) is 7.89. The number of aryl methyl sites for hydroxylation is 1. The number of carbonyl (C=O) groups is 1. The fourth-order valence-electron chi connectivity index (χ4n) is 2.28. The second-order valence-electron chi connectivity index (χ2n) is 5.45. The number of hydrogen-bond donors (Lipinski definition) is 1. The molecule has 0 aliphatic heterocycles. The lowest BCUT2D eigenvalue weighted by Gasteiger charge is -2.12. The van der Waals surface area contributed by atoms with Gasteiger partial charge in [0, 0.05) is 7.05 Å². The number of benzene rings is 1. The van der Waals surface area contributed by atoms with Crippen LogP contribution >= 0.6 is 0 Å². The normalized spacial score (nSPS) is 13.1. The van der Waals surface area contributed by atoms with Crippen LogP contribution in [0.15, 0.2) is 24.3 Å². The van der Waals surface area contributed by atoms with Crippen molar-refractivity contribution >= 4 is 16.8 Å². The summed E-state index contributed by atoms with van der Waals surface area (Å²) in [5.74, 6) is 1.27. The van der Waals surface area contributed by atoms with E-state index in [9.17, 15) is 4.79 Å². The summed E-state index contributed by atoms with van der Waals surface area (Å²) in [6, 6.07) is 7.49. The van der Waals surface area contributed by atoms with E-state index in [4.69, 9.17) is 5.73 Å². The predicted octanol–water partition coefficient (Wildman–Crippen LogP) is 2.06. The molecular formula is C15H21N3O. The zero-order valence-electron chi connectivity index (χ0n) is 11.8. The van der Waals surface area contributed by atoms with E-state index in [1.807, 2.05) is 35.9 Å². The minimum Gasteiger partial charge on any atom is -0.331 e. The fraction of sp³-hybridized carbons (Fsp3) is 0.467. The molecule has 0 saturated carbocycles. The molecule has 1 atom stereocenters. The Morgan fingerprint density at radius 2 is 2.05 bits per heavy atom. The molecule has 4 nitrogen and oxygen atoms in total. The van der Waals surface area contributed by atoms with Crippen LogP contribution in [-0.2, 0) is 18.3 Å². The van der Waals surface area contributed by atoms with Crippen LogP contribution in [-0.4, -0.2) is 21.4 Å². The standard InChI is InChI=1S/C15H21N3O/c1-10(2)8-11(16)14(19)9-15-17-12-6-4-5-7-13(12)18(15)3/h4-7,10-11H,8-9,16H2,1-3H3. The van der Waals surface area contributed by atoms with Crippen molar-refractivity contribution in [3.8, 4) is 0 Å². The molecule has 1 aromatic heterocycles. The number of rotatable bonds is 5. The van der Waals surface area contributed by atoms with Crippen molar-refractivity contribution in [1.29, 1.82) is 0 Å². The lowest BCUT2D eigenvalue weighted by Crippen LogP contribution is -2.33. The van der Waals surface area contributed by atoms with Gasteiger partial charge in [0.1, 0.15) is 5.82 Å². The highest BCUT2D eigenvalue weighted by molar-refractivity contribution is 5.86. The maximum atomic E-state index is 12.1. The number of nitrogens with zero attached hydrogens (tertiary/aromatic N) is 2. The van der Waals surface area contributed by atoms with E-state index < -0.39 is 0 Å². The summed E-state index contributed by atoms with van der Waals surface area (Å²) in [6.45, 7) is 4.14. The zero-order chi connectivity index (χ0) is 14.0. The number of hydrogen-bond acceptors (Lipinski definition) is 3. The Morgan fingerprint density at radius 3 is 2.68 bits per heavy atom. The van der Waals surface area contributed by atoms with Gasteiger partial charge in [-0.1, -0.05) is 26.0 Å². The monoisotopic (exact) mass is 259 g/mol. The van der Waals surface area contributed by atoms with E-state index in [0.717, 1.165) is 23.3 Å². The van der Waals surface area contributed by atoms with Crippen molar-refractivity contribution in [2.24, 2.45) is 18.7 Å². The smallest absolute Gasteiger partial charge is 0.157 e. The minimum absolute atomic E-state index is 0.0621.